The van der Waals surface area contributed by atoms with Crippen LogP contribution in [0.4, 0.5) is 5.69 Å². The number of rotatable bonds is 6. The van der Waals surface area contributed by atoms with E-state index in [9.17, 15) is 9.59 Å². The quantitative estimate of drug-likeness (QED) is 0.606. The first-order chi connectivity index (χ1) is 11.1. The number of carbonyl (C=O) groups is 2. The van der Waals surface area contributed by atoms with Crippen LogP contribution in [-0.2, 0) is 14.2 Å². The molecule has 7 nitrogen and oxygen atoms in total. The Labute approximate surface area is 147 Å². The van der Waals surface area contributed by atoms with Crippen molar-refractivity contribution in [2.45, 2.75) is 6.92 Å². The molecule has 1 aromatic carbocycles. The van der Waals surface area contributed by atoms with Crippen molar-refractivity contribution in [1.82, 2.24) is 4.90 Å². The molecule has 8 heteroatoms. The van der Waals surface area contributed by atoms with Crippen molar-refractivity contribution in [2.75, 3.05) is 51.8 Å². The second-order valence-electron chi connectivity index (χ2n) is 5.12. The average molecular weight is 359 g/mol. The highest BCUT2D eigenvalue weighted by Gasteiger charge is 2.20. The van der Waals surface area contributed by atoms with Crippen LogP contribution < -0.4 is 5.73 Å². The molecule has 0 unspecified atom stereocenters. The lowest BCUT2D eigenvalue weighted by Gasteiger charge is -2.26. The van der Waals surface area contributed by atoms with E-state index in [-0.39, 0.29) is 36.7 Å². The van der Waals surface area contributed by atoms with Gasteiger partial charge in [0, 0.05) is 25.3 Å². The molecular weight excluding hydrogens is 336 g/mol. The van der Waals surface area contributed by atoms with Gasteiger partial charge in [-0.1, -0.05) is 0 Å². The van der Waals surface area contributed by atoms with Gasteiger partial charge in [0.05, 0.1) is 30.9 Å². The number of carbonyl (C=O) groups excluding carboxylic acids is 2. The van der Waals surface area contributed by atoms with Crippen molar-refractivity contribution in [3.8, 4) is 0 Å². The number of nitrogen functional groups attached to an aromatic ring is 1. The number of hydrogen-bond acceptors (Lipinski definition) is 7. The van der Waals surface area contributed by atoms with E-state index in [1.54, 1.807) is 13.0 Å². The van der Waals surface area contributed by atoms with Gasteiger partial charge in [-0.05, 0) is 25.1 Å². The summed E-state index contributed by atoms with van der Waals surface area (Å²) in [4.78, 5) is 26.3. The van der Waals surface area contributed by atoms with Gasteiger partial charge < -0.3 is 19.9 Å². The van der Waals surface area contributed by atoms with Crippen LogP contribution in [0, 0.1) is 0 Å². The van der Waals surface area contributed by atoms with Gasteiger partial charge >= 0.3 is 11.9 Å². The minimum absolute atomic E-state index is 0. The Hall–Kier alpha value is -1.83. The molecule has 2 N–H and O–H groups in total. The van der Waals surface area contributed by atoms with Crippen LogP contribution in [-0.4, -0.2) is 62.9 Å². The van der Waals surface area contributed by atoms with Gasteiger partial charge in [0.15, 0.2) is 0 Å². The zero-order chi connectivity index (χ0) is 16.7. The number of esters is 2. The largest absolute Gasteiger partial charge is 0.462 e. The van der Waals surface area contributed by atoms with Gasteiger partial charge in [-0.3, -0.25) is 4.90 Å². The Morgan fingerprint density at radius 2 is 1.83 bits per heavy atom. The third-order valence-electron chi connectivity index (χ3n) is 3.50. The van der Waals surface area contributed by atoms with Crippen LogP contribution in [0.3, 0.4) is 0 Å². The highest BCUT2D eigenvalue weighted by molar-refractivity contribution is 6.03. The van der Waals surface area contributed by atoms with E-state index in [0.717, 1.165) is 13.1 Å². The van der Waals surface area contributed by atoms with Crippen molar-refractivity contribution in [2.24, 2.45) is 0 Å². The predicted molar refractivity (Wildman–Crippen MR) is 91.6 cm³/mol. The Morgan fingerprint density at radius 3 is 2.50 bits per heavy atom. The molecule has 0 amide bonds. The van der Waals surface area contributed by atoms with Crippen molar-refractivity contribution < 1.29 is 23.8 Å². The maximum absolute atomic E-state index is 12.2. The van der Waals surface area contributed by atoms with Gasteiger partial charge in [-0.25, -0.2) is 9.59 Å². The summed E-state index contributed by atoms with van der Waals surface area (Å²) in [6, 6.07) is 4.46. The summed E-state index contributed by atoms with van der Waals surface area (Å²) in [6.07, 6.45) is 0. The fourth-order valence-electron chi connectivity index (χ4n) is 2.29. The molecule has 0 radical (unpaired) electrons. The third-order valence-corrected chi connectivity index (χ3v) is 3.50. The number of ether oxygens (including phenoxy) is 3. The third kappa shape index (κ3) is 5.67. The molecule has 24 heavy (non-hydrogen) atoms. The minimum Gasteiger partial charge on any atom is -0.462 e. The van der Waals surface area contributed by atoms with Gasteiger partial charge in [-0.15, -0.1) is 12.4 Å². The zero-order valence-corrected chi connectivity index (χ0v) is 14.5. The fourth-order valence-corrected chi connectivity index (χ4v) is 2.29. The minimum atomic E-state index is -0.575. The van der Waals surface area contributed by atoms with Gasteiger partial charge in [0.25, 0.3) is 0 Å². The highest BCUT2D eigenvalue weighted by atomic mass is 35.5. The molecular formula is C16H23ClN2O5. The smallest absolute Gasteiger partial charge is 0.339 e. The average Bonchev–Trinajstić information content (AvgIpc) is 2.55. The molecule has 1 aliphatic rings. The van der Waals surface area contributed by atoms with Gasteiger partial charge in [0.1, 0.15) is 6.61 Å². The van der Waals surface area contributed by atoms with E-state index in [0.29, 0.717) is 25.4 Å². The molecule has 0 spiro atoms. The molecule has 1 fully saturated rings. The SMILES string of the molecule is CCOC(=O)c1ccc(N)cc1C(=O)OCCN1CCOCC1.Cl. The van der Waals surface area contributed by atoms with Crippen molar-refractivity contribution >= 4 is 30.0 Å². The van der Waals surface area contributed by atoms with Crippen LogP contribution in [0.15, 0.2) is 18.2 Å². The molecule has 1 heterocycles. The Morgan fingerprint density at radius 1 is 1.17 bits per heavy atom. The zero-order valence-electron chi connectivity index (χ0n) is 13.7. The van der Waals surface area contributed by atoms with E-state index in [1.807, 2.05) is 0 Å². The number of hydrogen-bond donors (Lipinski definition) is 1. The Bertz CT molecular complexity index is 561. The molecule has 0 saturated carbocycles. The number of anilines is 1. The van der Waals surface area contributed by atoms with Gasteiger partial charge in [-0.2, -0.15) is 0 Å². The van der Waals surface area contributed by atoms with E-state index < -0.39 is 11.9 Å². The number of morpholine rings is 1. The fraction of sp³-hybridized carbons (Fsp3) is 0.500. The number of nitrogens with two attached hydrogens (primary N) is 1. The van der Waals surface area contributed by atoms with Crippen LogP contribution in [0.25, 0.3) is 0 Å². The summed E-state index contributed by atoms with van der Waals surface area (Å²) in [5.41, 5.74) is 6.38. The molecule has 0 atom stereocenters. The Kier molecular flexibility index (Phi) is 8.53. The predicted octanol–water partition coefficient (Wildman–Crippen LogP) is 1.36. The summed E-state index contributed by atoms with van der Waals surface area (Å²) in [5, 5.41) is 0. The first kappa shape index (κ1) is 20.2. The van der Waals surface area contributed by atoms with Crippen molar-refractivity contribution in [3.05, 3.63) is 29.3 Å². The number of nitrogens with zero attached hydrogens (tertiary/aromatic N) is 1. The van der Waals surface area contributed by atoms with Crippen molar-refractivity contribution in [3.63, 3.8) is 0 Å². The molecule has 1 aliphatic heterocycles. The number of benzene rings is 1. The summed E-state index contributed by atoms with van der Waals surface area (Å²) in [5.74, 6) is -1.14. The second kappa shape index (κ2) is 10.1. The molecule has 0 bridgehead atoms. The van der Waals surface area contributed by atoms with E-state index >= 15 is 0 Å². The number of halogens is 1. The topological polar surface area (TPSA) is 91.1 Å². The van der Waals surface area contributed by atoms with E-state index in [1.165, 1.54) is 12.1 Å². The van der Waals surface area contributed by atoms with Crippen LogP contribution in [0.1, 0.15) is 27.6 Å². The first-order valence-corrected chi connectivity index (χ1v) is 7.65. The van der Waals surface area contributed by atoms with E-state index in [2.05, 4.69) is 4.90 Å². The Balaban J connectivity index is 0.00000288. The van der Waals surface area contributed by atoms with Crippen LogP contribution in [0.2, 0.25) is 0 Å². The molecule has 0 aromatic heterocycles. The molecule has 1 aromatic rings. The maximum Gasteiger partial charge on any atom is 0.339 e. The lowest BCUT2D eigenvalue weighted by atomic mass is 10.1. The monoisotopic (exact) mass is 358 g/mol. The molecule has 2 rings (SSSR count). The van der Waals surface area contributed by atoms with Crippen LogP contribution in [0.5, 0.6) is 0 Å². The lowest BCUT2D eigenvalue weighted by molar-refractivity contribution is 0.0193. The molecule has 134 valence electrons. The second-order valence-corrected chi connectivity index (χ2v) is 5.12. The maximum atomic E-state index is 12.2. The summed E-state index contributed by atoms with van der Waals surface area (Å²) >= 11 is 0. The van der Waals surface area contributed by atoms with Crippen LogP contribution >= 0.6 is 12.4 Å². The van der Waals surface area contributed by atoms with Gasteiger partial charge in [0.2, 0.25) is 0 Å². The van der Waals surface area contributed by atoms with E-state index in [4.69, 9.17) is 19.9 Å². The molecule has 1 saturated heterocycles. The summed E-state index contributed by atoms with van der Waals surface area (Å²) in [7, 11) is 0. The van der Waals surface area contributed by atoms with Crippen molar-refractivity contribution in [1.29, 1.82) is 0 Å². The summed E-state index contributed by atoms with van der Waals surface area (Å²) < 4.78 is 15.5. The molecule has 0 aliphatic carbocycles. The normalized spacial score (nSPS) is 14.5. The first-order valence-electron chi connectivity index (χ1n) is 7.65. The lowest BCUT2D eigenvalue weighted by Crippen LogP contribution is -2.38. The summed E-state index contributed by atoms with van der Waals surface area (Å²) in [6.45, 7) is 5.84. The standard InChI is InChI=1S/C16H22N2O5.ClH/c1-2-22-15(19)13-4-3-12(17)11-14(13)16(20)23-10-7-18-5-8-21-9-6-18;/h3-4,11H,2,5-10,17H2,1H3;1H. The highest BCUT2D eigenvalue weighted by Crippen LogP contribution is 2.16.